The van der Waals surface area contributed by atoms with Crippen LogP contribution in [-0.2, 0) is 9.53 Å². The first-order valence-electron chi connectivity index (χ1n) is 7.26. The predicted octanol–water partition coefficient (Wildman–Crippen LogP) is 2.92. The third-order valence-electron chi connectivity index (χ3n) is 2.80. The monoisotopic (exact) mass is 289 g/mol. The number of esters is 1. The summed E-state index contributed by atoms with van der Waals surface area (Å²) in [6.07, 6.45) is 8.97. The molecule has 5 nitrogen and oxygen atoms in total. The molecule has 0 aliphatic heterocycles. The minimum absolute atomic E-state index is 0.0285. The zero-order chi connectivity index (χ0) is 15.9. The Morgan fingerprint density at radius 1 is 1.19 bits per heavy atom. The maximum absolute atomic E-state index is 11.6. The number of carbonyl (C=O) groups is 1. The highest BCUT2D eigenvalue weighted by Gasteiger charge is 2.06. The Morgan fingerprint density at radius 2 is 1.90 bits per heavy atom. The van der Waals surface area contributed by atoms with E-state index >= 15 is 0 Å². The van der Waals surface area contributed by atoms with Crippen molar-refractivity contribution in [1.29, 1.82) is 10.5 Å². The normalized spacial score (nSPS) is 9.71. The van der Waals surface area contributed by atoms with E-state index in [4.69, 9.17) is 15.3 Å². The van der Waals surface area contributed by atoms with Crippen molar-refractivity contribution in [2.45, 2.75) is 39.5 Å². The van der Waals surface area contributed by atoms with Crippen LogP contribution in [0.4, 0.5) is 0 Å². The highest BCUT2D eigenvalue weighted by molar-refractivity contribution is 5.71. The number of unbranched alkanes of at least 4 members (excludes halogenated alkanes) is 3. The molecular weight excluding hydrogens is 266 g/mol. The maximum Gasteiger partial charge on any atom is 0.325 e. The molecule has 0 aliphatic rings. The van der Waals surface area contributed by atoms with E-state index in [2.05, 4.69) is 6.92 Å². The Hall–Kier alpha value is -2.27. The van der Waals surface area contributed by atoms with E-state index in [1.165, 1.54) is 6.08 Å². The summed E-state index contributed by atoms with van der Waals surface area (Å²) in [4.78, 5) is 13.4. The molecule has 0 spiro atoms. The standard InChI is InChI=1S/C16H23N3O2/c1-3-5-6-7-11-21-16(20)14-19(4-2)10-8-9-15(12-17)13-18/h8-10H,3-7,11,14H2,1-2H3. The van der Waals surface area contributed by atoms with Crippen molar-refractivity contribution in [3.63, 3.8) is 0 Å². The molecule has 0 N–H and O–H groups in total. The number of allylic oxidation sites excluding steroid dienone is 3. The van der Waals surface area contributed by atoms with Crippen molar-refractivity contribution in [1.82, 2.24) is 4.90 Å². The summed E-state index contributed by atoms with van der Waals surface area (Å²) >= 11 is 0. The fraction of sp³-hybridized carbons (Fsp3) is 0.562. The number of likely N-dealkylation sites (N-methyl/N-ethyl adjacent to an activating group) is 1. The van der Waals surface area contributed by atoms with Crippen LogP contribution in [0.25, 0.3) is 0 Å². The lowest BCUT2D eigenvalue weighted by molar-refractivity contribution is -0.144. The third kappa shape index (κ3) is 10.2. The number of hydrogen-bond acceptors (Lipinski definition) is 5. The first-order valence-corrected chi connectivity index (χ1v) is 7.26. The molecule has 0 aromatic carbocycles. The van der Waals surface area contributed by atoms with Gasteiger partial charge >= 0.3 is 5.97 Å². The fourth-order valence-electron chi connectivity index (χ4n) is 1.56. The molecule has 0 bridgehead atoms. The van der Waals surface area contributed by atoms with Crippen molar-refractivity contribution in [2.24, 2.45) is 0 Å². The second kappa shape index (κ2) is 12.7. The Balaban J connectivity index is 4.11. The van der Waals surface area contributed by atoms with Crippen molar-refractivity contribution >= 4 is 5.97 Å². The lowest BCUT2D eigenvalue weighted by Gasteiger charge is -2.16. The first kappa shape index (κ1) is 18.7. The second-order valence-corrected chi connectivity index (χ2v) is 4.49. The quantitative estimate of drug-likeness (QED) is 0.267. The van der Waals surface area contributed by atoms with E-state index in [0.29, 0.717) is 13.2 Å². The summed E-state index contributed by atoms with van der Waals surface area (Å²) < 4.78 is 5.16. The summed E-state index contributed by atoms with van der Waals surface area (Å²) in [6.45, 7) is 5.33. The van der Waals surface area contributed by atoms with Gasteiger partial charge in [0.2, 0.25) is 0 Å². The Morgan fingerprint density at radius 3 is 2.48 bits per heavy atom. The fourth-order valence-corrected chi connectivity index (χ4v) is 1.56. The molecule has 0 aromatic heterocycles. The van der Waals surface area contributed by atoms with Crippen LogP contribution >= 0.6 is 0 Å². The molecule has 21 heavy (non-hydrogen) atoms. The van der Waals surface area contributed by atoms with Crippen molar-refractivity contribution < 1.29 is 9.53 Å². The molecule has 0 amide bonds. The van der Waals surface area contributed by atoms with Crippen molar-refractivity contribution in [3.05, 3.63) is 23.9 Å². The van der Waals surface area contributed by atoms with Crippen LogP contribution < -0.4 is 0 Å². The largest absolute Gasteiger partial charge is 0.464 e. The first-order chi connectivity index (χ1) is 10.2. The predicted molar refractivity (Wildman–Crippen MR) is 80.8 cm³/mol. The van der Waals surface area contributed by atoms with Crippen LogP contribution in [0.3, 0.4) is 0 Å². The van der Waals surface area contributed by atoms with Crippen LogP contribution in [0.5, 0.6) is 0 Å². The van der Waals surface area contributed by atoms with E-state index in [1.807, 2.05) is 6.92 Å². The highest BCUT2D eigenvalue weighted by atomic mass is 16.5. The van der Waals surface area contributed by atoms with Crippen LogP contribution in [0.2, 0.25) is 0 Å². The zero-order valence-electron chi connectivity index (χ0n) is 12.8. The number of carbonyl (C=O) groups excluding carboxylic acids is 1. The molecule has 0 atom stereocenters. The van der Waals surface area contributed by atoms with Crippen molar-refractivity contribution in [2.75, 3.05) is 19.7 Å². The van der Waals surface area contributed by atoms with Gasteiger partial charge in [-0.3, -0.25) is 4.79 Å². The smallest absolute Gasteiger partial charge is 0.325 e. The van der Waals surface area contributed by atoms with E-state index in [1.54, 1.807) is 29.3 Å². The molecule has 5 heteroatoms. The molecular formula is C16H23N3O2. The summed E-state index contributed by atoms with van der Waals surface area (Å²) in [7, 11) is 0. The molecule has 0 heterocycles. The lowest BCUT2D eigenvalue weighted by atomic mass is 10.2. The van der Waals surface area contributed by atoms with Gasteiger partial charge < -0.3 is 9.64 Å². The van der Waals surface area contributed by atoms with Crippen molar-refractivity contribution in [3.8, 4) is 12.1 Å². The molecule has 114 valence electrons. The van der Waals surface area contributed by atoms with E-state index in [-0.39, 0.29) is 18.1 Å². The number of hydrogen-bond donors (Lipinski definition) is 0. The van der Waals surface area contributed by atoms with Gasteiger partial charge in [-0.05, 0) is 31.7 Å². The van der Waals surface area contributed by atoms with E-state index < -0.39 is 0 Å². The average Bonchev–Trinajstić information content (AvgIpc) is 2.50. The summed E-state index contributed by atoms with van der Waals surface area (Å²) in [5.41, 5.74) is 0.0285. The van der Waals surface area contributed by atoms with Gasteiger partial charge in [-0.2, -0.15) is 10.5 Å². The number of rotatable bonds is 10. The molecule has 0 aliphatic carbocycles. The number of nitrogens with zero attached hydrogens (tertiary/aromatic N) is 3. The minimum Gasteiger partial charge on any atom is -0.464 e. The average molecular weight is 289 g/mol. The third-order valence-corrected chi connectivity index (χ3v) is 2.80. The zero-order valence-corrected chi connectivity index (χ0v) is 12.8. The molecule has 0 saturated heterocycles. The van der Waals surface area contributed by atoms with E-state index in [0.717, 1.165) is 25.7 Å². The van der Waals surface area contributed by atoms with Crippen LogP contribution in [0.15, 0.2) is 23.9 Å². The Bertz CT molecular complexity index is 425. The van der Waals surface area contributed by atoms with Gasteiger partial charge in [0.05, 0.1) is 6.61 Å². The highest BCUT2D eigenvalue weighted by Crippen LogP contribution is 2.00. The second-order valence-electron chi connectivity index (χ2n) is 4.49. The van der Waals surface area contributed by atoms with Crippen LogP contribution in [-0.4, -0.2) is 30.6 Å². The maximum atomic E-state index is 11.6. The molecule has 0 aromatic rings. The SMILES string of the molecule is CCCCCCOC(=O)CN(C=CC=C(C#N)C#N)CC. The van der Waals surface area contributed by atoms with Gasteiger partial charge in [-0.1, -0.05) is 26.2 Å². The Kier molecular flexibility index (Phi) is 11.4. The van der Waals surface area contributed by atoms with Gasteiger partial charge in [-0.25, -0.2) is 0 Å². The summed E-state index contributed by atoms with van der Waals surface area (Å²) in [6, 6.07) is 3.53. The van der Waals surface area contributed by atoms with E-state index in [9.17, 15) is 4.79 Å². The van der Waals surface area contributed by atoms with Crippen LogP contribution in [0.1, 0.15) is 39.5 Å². The van der Waals surface area contributed by atoms with Gasteiger partial charge in [-0.15, -0.1) is 0 Å². The Labute approximate surface area is 127 Å². The molecule has 0 saturated carbocycles. The molecule has 0 radical (unpaired) electrons. The molecule has 0 fully saturated rings. The van der Waals surface area contributed by atoms with Crippen LogP contribution in [0, 0.1) is 22.7 Å². The number of nitriles is 2. The lowest BCUT2D eigenvalue weighted by Crippen LogP contribution is -2.26. The minimum atomic E-state index is -0.261. The van der Waals surface area contributed by atoms with Gasteiger partial charge in [0.15, 0.2) is 0 Å². The topological polar surface area (TPSA) is 77.1 Å². The summed E-state index contributed by atoms with van der Waals surface area (Å²) in [5.74, 6) is -0.261. The molecule has 0 unspecified atom stereocenters. The summed E-state index contributed by atoms with van der Waals surface area (Å²) in [5, 5.41) is 17.2. The van der Waals surface area contributed by atoms with Gasteiger partial charge in [0.1, 0.15) is 24.3 Å². The van der Waals surface area contributed by atoms with Gasteiger partial charge in [0, 0.05) is 6.54 Å². The molecule has 0 rings (SSSR count). The number of ether oxygens (including phenoxy) is 1. The van der Waals surface area contributed by atoms with Gasteiger partial charge in [0.25, 0.3) is 0 Å².